The lowest BCUT2D eigenvalue weighted by Gasteiger charge is -2.07. The number of rotatable bonds is 4. The molecule has 1 aromatic rings. The lowest BCUT2D eigenvalue weighted by molar-refractivity contribution is 0.162. The first-order valence-electron chi connectivity index (χ1n) is 5.71. The monoisotopic (exact) mass is 299 g/mol. The molecule has 0 bridgehead atoms. The van der Waals surface area contributed by atoms with Gasteiger partial charge in [0.15, 0.2) is 9.84 Å². The van der Waals surface area contributed by atoms with Gasteiger partial charge < -0.3 is 4.74 Å². The third kappa shape index (κ3) is 2.36. The minimum absolute atomic E-state index is 0.0957. The van der Waals surface area contributed by atoms with Crippen LogP contribution in [0.4, 0.5) is 0 Å². The van der Waals surface area contributed by atoms with Crippen molar-refractivity contribution in [2.75, 3.05) is 20.0 Å². The van der Waals surface area contributed by atoms with Gasteiger partial charge in [-0.25, -0.2) is 8.42 Å². The van der Waals surface area contributed by atoms with Gasteiger partial charge in [-0.1, -0.05) is 23.7 Å². The first kappa shape index (κ1) is 14.3. The van der Waals surface area contributed by atoms with E-state index in [0.29, 0.717) is 5.02 Å². The fourth-order valence-electron chi connectivity index (χ4n) is 2.78. The summed E-state index contributed by atoms with van der Waals surface area (Å²) in [7, 11) is -1.86. The van der Waals surface area contributed by atoms with Crippen LogP contribution >= 0.6 is 11.6 Å². The van der Waals surface area contributed by atoms with Crippen LogP contribution in [0.3, 0.4) is 0 Å². The second kappa shape index (κ2) is 4.78. The SMILES string of the molecule is COC[C@@]1(C#N)[C@H](S(C)(=O)=O)[C@@H]1c1cccc(Cl)c1. The van der Waals surface area contributed by atoms with E-state index in [4.69, 9.17) is 16.3 Å². The minimum atomic E-state index is -3.33. The lowest BCUT2D eigenvalue weighted by Crippen LogP contribution is -2.17. The summed E-state index contributed by atoms with van der Waals surface area (Å²) < 4.78 is 28.8. The zero-order valence-electron chi connectivity index (χ0n) is 10.6. The molecule has 1 saturated carbocycles. The molecule has 0 N–H and O–H groups in total. The van der Waals surface area contributed by atoms with Gasteiger partial charge in [0.1, 0.15) is 5.41 Å². The molecular formula is C13H14ClNO3S. The number of sulfone groups is 1. The van der Waals surface area contributed by atoms with E-state index in [2.05, 4.69) is 6.07 Å². The summed E-state index contributed by atoms with van der Waals surface area (Å²) in [5.41, 5.74) is -0.242. The number of hydrogen-bond donors (Lipinski definition) is 0. The summed E-state index contributed by atoms with van der Waals surface area (Å²) in [5, 5.41) is 9.19. The van der Waals surface area contributed by atoms with Gasteiger partial charge in [-0.15, -0.1) is 0 Å². The third-order valence-electron chi connectivity index (χ3n) is 3.52. The molecule has 1 fully saturated rings. The molecule has 0 saturated heterocycles. The van der Waals surface area contributed by atoms with Crippen LogP contribution in [-0.4, -0.2) is 33.6 Å². The molecule has 0 aromatic heterocycles. The highest BCUT2D eigenvalue weighted by atomic mass is 35.5. The van der Waals surface area contributed by atoms with Crippen LogP contribution in [0.25, 0.3) is 0 Å². The van der Waals surface area contributed by atoms with Crippen molar-refractivity contribution in [2.45, 2.75) is 11.2 Å². The van der Waals surface area contributed by atoms with Crippen molar-refractivity contribution >= 4 is 21.4 Å². The summed E-state index contributed by atoms with van der Waals surface area (Å²) in [6, 6.07) is 9.10. The molecule has 19 heavy (non-hydrogen) atoms. The smallest absolute Gasteiger partial charge is 0.152 e. The maximum atomic E-state index is 11.9. The molecule has 1 aliphatic rings. The van der Waals surface area contributed by atoms with Gasteiger partial charge in [0.25, 0.3) is 0 Å². The van der Waals surface area contributed by atoms with E-state index in [1.165, 1.54) is 7.11 Å². The number of hydrogen-bond acceptors (Lipinski definition) is 4. The van der Waals surface area contributed by atoms with Crippen LogP contribution in [0, 0.1) is 16.7 Å². The van der Waals surface area contributed by atoms with E-state index in [1.54, 1.807) is 24.3 Å². The Morgan fingerprint density at radius 2 is 2.21 bits per heavy atom. The Morgan fingerprint density at radius 3 is 2.68 bits per heavy atom. The van der Waals surface area contributed by atoms with Crippen molar-refractivity contribution < 1.29 is 13.2 Å². The Morgan fingerprint density at radius 1 is 1.53 bits per heavy atom. The van der Waals surface area contributed by atoms with Crippen molar-refractivity contribution in [1.29, 1.82) is 5.26 Å². The highest BCUT2D eigenvalue weighted by Crippen LogP contribution is 2.62. The molecule has 1 aliphatic carbocycles. The molecule has 0 radical (unpaired) electrons. The summed E-state index contributed by atoms with van der Waals surface area (Å²) >= 11 is 5.93. The minimum Gasteiger partial charge on any atom is -0.383 e. The van der Waals surface area contributed by atoms with Gasteiger partial charge in [-0.2, -0.15) is 5.26 Å². The molecule has 3 atom stereocenters. The van der Waals surface area contributed by atoms with Gasteiger partial charge in [-0.05, 0) is 17.7 Å². The number of nitriles is 1. The third-order valence-corrected chi connectivity index (χ3v) is 5.37. The quantitative estimate of drug-likeness (QED) is 0.853. The number of benzene rings is 1. The zero-order valence-corrected chi connectivity index (χ0v) is 12.2. The summed E-state index contributed by atoms with van der Waals surface area (Å²) in [6.07, 6.45) is 1.16. The average molecular weight is 300 g/mol. The Bertz CT molecular complexity index is 638. The molecule has 0 heterocycles. The second-order valence-corrected chi connectivity index (χ2v) is 7.47. The van der Waals surface area contributed by atoms with Crippen molar-refractivity contribution in [1.82, 2.24) is 0 Å². The molecular weight excluding hydrogens is 286 g/mol. The average Bonchev–Trinajstić information content (AvgIpc) is 2.99. The molecule has 6 heteroatoms. The lowest BCUT2D eigenvalue weighted by atomic mass is 10.0. The van der Waals surface area contributed by atoms with Gasteiger partial charge in [0, 0.05) is 24.3 Å². The molecule has 1 aromatic carbocycles. The van der Waals surface area contributed by atoms with Crippen molar-refractivity contribution in [3.8, 4) is 6.07 Å². The maximum absolute atomic E-state index is 11.9. The summed E-state index contributed by atoms with van der Waals surface area (Å²) in [4.78, 5) is 0. The molecule has 102 valence electrons. The molecule has 0 spiro atoms. The molecule has 0 unspecified atom stereocenters. The van der Waals surface area contributed by atoms with Crippen LogP contribution < -0.4 is 0 Å². The molecule has 4 nitrogen and oxygen atoms in total. The Hall–Kier alpha value is -1.09. The van der Waals surface area contributed by atoms with Crippen molar-refractivity contribution in [3.63, 3.8) is 0 Å². The summed E-state index contributed by atoms with van der Waals surface area (Å²) in [6.45, 7) is 0.0957. The van der Waals surface area contributed by atoms with E-state index < -0.39 is 20.5 Å². The van der Waals surface area contributed by atoms with Crippen molar-refractivity contribution in [2.24, 2.45) is 5.41 Å². The van der Waals surface area contributed by atoms with Crippen LogP contribution in [0.2, 0.25) is 5.02 Å². The van der Waals surface area contributed by atoms with Crippen LogP contribution in [0.15, 0.2) is 24.3 Å². The van der Waals surface area contributed by atoms with E-state index in [0.717, 1.165) is 11.8 Å². The second-order valence-electron chi connectivity index (χ2n) is 4.87. The normalized spacial score (nSPS) is 29.8. The molecule has 2 rings (SSSR count). The maximum Gasteiger partial charge on any atom is 0.152 e. The van der Waals surface area contributed by atoms with E-state index in [-0.39, 0.29) is 12.5 Å². The number of halogens is 1. The largest absolute Gasteiger partial charge is 0.383 e. The predicted molar refractivity (Wildman–Crippen MR) is 72.7 cm³/mol. The van der Waals surface area contributed by atoms with E-state index in [1.807, 2.05) is 0 Å². The van der Waals surface area contributed by atoms with Gasteiger partial charge in [0.05, 0.1) is 17.9 Å². The Balaban J connectivity index is 2.48. The van der Waals surface area contributed by atoms with E-state index >= 15 is 0 Å². The Labute approximate surface area is 117 Å². The fraction of sp³-hybridized carbons (Fsp3) is 0.462. The topological polar surface area (TPSA) is 67.2 Å². The standard InChI is InChI=1S/C13H14ClNO3S/c1-18-8-13(7-15)11(12(13)19(2,16)17)9-4-3-5-10(14)6-9/h3-6,11-12H,8H2,1-2H3/t11-,12+,13+/m0/s1. The number of nitrogens with zero attached hydrogens (tertiary/aromatic N) is 1. The Kier molecular flexibility index (Phi) is 3.61. The zero-order chi connectivity index (χ0) is 14.3. The predicted octanol–water partition coefficient (Wildman–Crippen LogP) is 2.01. The van der Waals surface area contributed by atoms with E-state index in [9.17, 15) is 13.7 Å². The highest BCUT2D eigenvalue weighted by molar-refractivity contribution is 7.91. The van der Waals surface area contributed by atoms with Crippen LogP contribution in [0.1, 0.15) is 11.5 Å². The highest BCUT2D eigenvalue weighted by Gasteiger charge is 2.71. The molecule has 0 amide bonds. The van der Waals surface area contributed by atoms with Crippen molar-refractivity contribution in [3.05, 3.63) is 34.9 Å². The molecule has 0 aliphatic heterocycles. The first-order chi connectivity index (χ1) is 8.86. The van der Waals surface area contributed by atoms with Gasteiger partial charge in [-0.3, -0.25) is 0 Å². The van der Waals surface area contributed by atoms with Gasteiger partial charge >= 0.3 is 0 Å². The first-order valence-corrected chi connectivity index (χ1v) is 8.04. The number of methoxy groups -OCH3 is 1. The fourth-order valence-corrected chi connectivity index (χ4v) is 4.83. The van der Waals surface area contributed by atoms with Crippen LogP contribution in [0.5, 0.6) is 0 Å². The van der Waals surface area contributed by atoms with Crippen LogP contribution in [-0.2, 0) is 14.6 Å². The summed E-state index contributed by atoms with van der Waals surface area (Å²) in [5.74, 6) is -0.383. The number of ether oxygens (including phenoxy) is 1. The van der Waals surface area contributed by atoms with Gasteiger partial charge in [0.2, 0.25) is 0 Å².